The number of fused-ring (bicyclic) bond motifs is 3. The van der Waals surface area contributed by atoms with Crippen molar-refractivity contribution in [3.8, 4) is 11.3 Å². The van der Waals surface area contributed by atoms with Gasteiger partial charge in [0.2, 0.25) is 0 Å². The summed E-state index contributed by atoms with van der Waals surface area (Å²) in [5.74, 6) is 1.65. The van der Waals surface area contributed by atoms with Gasteiger partial charge in [-0.1, -0.05) is 44.5 Å². The molecule has 4 unspecified atom stereocenters. The summed E-state index contributed by atoms with van der Waals surface area (Å²) in [5, 5.41) is 6.92. The Morgan fingerprint density at radius 2 is 1.85 bits per heavy atom. The Balaban J connectivity index is 1.50. The zero-order valence-electron chi connectivity index (χ0n) is 19.6. The van der Waals surface area contributed by atoms with Crippen molar-refractivity contribution < 1.29 is 18.0 Å². The molecular formula is C26H29F3N4O. The Hall–Kier alpha value is -2.90. The maximum Gasteiger partial charge on any atom is 0.433 e. The largest absolute Gasteiger partial charge is 0.433 e. The number of halogens is 3. The zero-order chi connectivity index (χ0) is 24.2. The number of benzene rings is 1. The number of amides is 1. The van der Waals surface area contributed by atoms with Crippen LogP contribution in [0.2, 0.25) is 0 Å². The topological polar surface area (TPSA) is 59.3 Å². The van der Waals surface area contributed by atoms with Crippen molar-refractivity contribution >= 4 is 11.6 Å². The molecule has 2 fully saturated rings. The first kappa shape index (κ1) is 22.9. The predicted molar refractivity (Wildman–Crippen MR) is 123 cm³/mol. The van der Waals surface area contributed by atoms with Crippen molar-refractivity contribution in [2.24, 2.45) is 17.8 Å². The highest BCUT2D eigenvalue weighted by atomic mass is 19.4. The third kappa shape index (κ3) is 4.07. The van der Waals surface area contributed by atoms with Crippen molar-refractivity contribution in [1.82, 2.24) is 19.9 Å². The Bertz CT molecular complexity index is 1220. The van der Waals surface area contributed by atoms with Gasteiger partial charge in [0.1, 0.15) is 5.56 Å². The first-order valence-electron chi connectivity index (χ1n) is 12.0. The van der Waals surface area contributed by atoms with Crippen molar-refractivity contribution in [3.05, 3.63) is 53.3 Å². The fourth-order valence-corrected chi connectivity index (χ4v) is 5.81. The third-order valence-electron chi connectivity index (χ3n) is 7.67. The molecule has 8 heteroatoms. The van der Waals surface area contributed by atoms with Crippen LogP contribution >= 0.6 is 0 Å². The zero-order valence-corrected chi connectivity index (χ0v) is 19.6. The summed E-state index contributed by atoms with van der Waals surface area (Å²) in [5.41, 5.74) is 0.809. The highest BCUT2D eigenvalue weighted by molar-refractivity contribution is 6.00. The van der Waals surface area contributed by atoms with Gasteiger partial charge >= 0.3 is 6.18 Å². The smallest absolute Gasteiger partial charge is 0.349 e. The first-order chi connectivity index (χ1) is 16.1. The second-order valence-electron chi connectivity index (χ2n) is 10.2. The Morgan fingerprint density at radius 3 is 2.44 bits per heavy atom. The minimum atomic E-state index is -4.65. The molecule has 2 aliphatic rings. The highest BCUT2D eigenvalue weighted by Crippen LogP contribution is 2.49. The molecule has 2 bridgehead atoms. The van der Waals surface area contributed by atoms with Gasteiger partial charge in [-0.25, -0.2) is 9.50 Å². The summed E-state index contributed by atoms with van der Waals surface area (Å²) in [6.45, 7) is 6.09. The summed E-state index contributed by atoms with van der Waals surface area (Å²) >= 11 is 0. The average molecular weight is 471 g/mol. The summed E-state index contributed by atoms with van der Waals surface area (Å²) in [6, 6.07) is 8.25. The number of hydrogen-bond donors (Lipinski definition) is 1. The molecule has 5 rings (SSSR count). The molecular weight excluding hydrogens is 441 g/mol. The van der Waals surface area contributed by atoms with E-state index in [0.29, 0.717) is 23.3 Å². The Labute approximate surface area is 196 Å². The highest BCUT2D eigenvalue weighted by Gasteiger charge is 2.42. The van der Waals surface area contributed by atoms with E-state index in [2.05, 4.69) is 29.2 Å². The number of alkyl halides is 3. The molecule has 1 N–H and O–H groups in total. The van der Waals surface area contributed by atoms with Crippen LogP contribution in [0.3, 0.4) is 0 Å². The molecule has 0 spiro atoms. The number of nitrogens with zero attached hydrogens (tertiary/aromatic N) is 3. The maximum absolute atomic E-state index is 13.9. The minimum absolute atomic E-state index is 0.0494. The summed E-state index contributed by atoms with van der Waals surface area (Å²) in [7, 11) is 0. The molecule has 0 saturated heterocycles. The second-order valence-corrected chi connectivity index (χ2v) is 10.2. The first-order valence-corrected chi connectivity index (χ1v) is 12.0. The number of carbonyl (C=O) groups excluding carboxylic acids is 1. The lowest BCUT2D eigenvalue weighted by Gasteiger charge is -2.28. The minimum Gasteiger partial charge on any atom is -0.349 e. The van der Waals surface area contributed by atoms with Gasteiger partial charge in [-0.15, -0.1) is 0 Å². The molecule has 4 atom stereocenters. The van der Waals surface area contributed by atoms with E-state index in [1.165, 1.54) is 25.5 Å². The van der Waals surface area contributed by atoms with Crippen LogP contribution in [0.4, 0.5) is 13.2 Å². The van der Waals surface area contributed by atoms with Crippen molar-refractivity contribution in [1.29, 1.82) is 0 Å². The van der Waals surface area contributed by atoms with E-state index < -0.39 is 17.8 Å². The van der Waals surface area contributed by atoms with Gasteiger partial charge in [0.15, 0.2) is 11.3 Å². The molecule has 1 amide bonds. The molecule has 34 heavy (non-hydrogen) atoms. The molecule has 2 aromatic heterocycles. The van der Waals surface area contributed by atoms with E-state index in [1.54, 1.807) is 12.1 Å². The van der Waals surface area contributed by atoms with Crippen LogP contribution in [0, 0.1) is 17.8 Å². The maximum atomic E-state index is 13.9. The Morgan fingerprint density at radius 1 is 1.12 bits per heavy atom. The fraction of sp³-hybridized carbons (Fsp3) is 0.500. The number of carbonyl (C=O) groups is 1. The van der Waals surface area contributed by atoms with E-state index >= 15 is 0 Å². The molecule has 5 nitrogen and oxygen atoms in total. The number of hydrogen-bond acceptors (Lipinski definition) is 3. The van der Waals surface area contributed by atoms with Gasteiger partial charge in [0.25, 0.3) is 5.91 Å². The number of aromatic nitrogens is 3. The number of rotatable bonds is 5. The molecule has 0 radical (unpaired) electrons. The van der Waals surface area contributed by atoms with Crippen molar-refractivity contribution in [2.75, 3.05) is 0 Å². The van der Waals surface area contributed by atoms with Gasteiger partial charge in [0.05, 0.1) is 11.9 Å². The standard InChI is InChI=1S/C26H29F3N4O/c1-14(2)17-6-8-18(9-7-17)22-12-23(26(27,28)29)33-24(32-22)21(13-30-33)25(34)31-15(3)20-11-16-4-5-19(20)10-16/h6-9,12-16,19-20H,4-5,10-11H2,1-3H3,(H,31,34). The van der Waals surface area contributed by atoms with Crippen LogP contribution in [0.15, 0.2) is 36.5 Å². The van der Waals surface area contributed by atoms with Crippen LogP contribution in [0.25, 0.3) is 16.9 Å². The van der Waals surface area contributed by atoms with Crippen LogP contribution < -0.4 is 5.32 Å². The van der Waals surface area contributed by atoms with E-state index in [4.69, 9.17) is 0 Å². The molecule has 2 saturated carbocycles. The second kappa shape index (κ2) is 8.40. The average Bonchev–Trinajstić information content (AvgIpc) is 3.53. The fourth-order valence-electron chi connectivity index (χ4n) is 5.81. The summed E-state index contributed by atoms with van der Waals surface area (Å²) in [4.78, 5) is 17.6. The van der Waals surface area contributed by atoms with Crippen LogP contribution in [0.1, 0.15) is 74.0 Å². The predicted octanol–water partition coefficient (Wildman–Crippen LogP) is 6.09. The summed E-state index contributed by atoms with van der Waals surface area (Å²) < 4.78 is 42.4. The third-order valence-corrected chi connectivity index (χ3v) is 7.67. The molecule has 3 aromatic rings. The van der Waals surface area contributed by atoms with Crippen LogP contribution in [-0.4, -0.2) is 26.5 Å². The van der Waals surface area contributed by atoms with E-state index in [-0.39, 0.29) is 22.9 Å². The molecule has 1 aromatic carbocycles. The van der Waals surface area contributed by atoms with Crippen molar-refractivity contribution in [3.63, 3.8) is 0 Å². The lowest BCUT2D eigenvalue weighted by molar-refractivity contribution is -0.142. The SMILES string of the molecule is CC(C)c1ccc(-c2cc(C(F)(F)F)n3ncc(C(=O)NC(C)C4CC5CCC4C5)c3n2)cc1. The van der Waals surface area contributed by atoms with Gasteiger partial charge in [0, 0.05) is 11.6 Å². The lowest BCUT2D eigenvalue weighted by atomic mass is 9.84. The van der Waals surface area contributed by atoms with E-state index in [0.717, 1.165) is 28.5 Å². The van der Waals surface area contributed by atoms with Crippen LogP contribution in [-0.2, 0) is 6.18 Å². The molecule has 2 heterocycles. The molecule has 0 aliphatic heterocycles. The molecule has 180 valence electrons. The van der Waals surface area contributed by atoms with Crippen LogP contribution in [0.5, 0.6) is 0 Å². The van der Waals surface area contributed by atoms with Crippen molar-refractivity contribution in [2.45, 2.75) is 64.6 Å². The lowest BCUT2D eigenvalue weighted by Crippen LogP contribution is -2.40. The van der Waals surface area contributed by atoms with E-state index in [1.807, 2.05) is 19.1 Å². The van der Waals surface area contributed by atoms with E-state index in [9.17, 15) is 18.0 Å². The quantitative estimate of drug-likeness (QED) is 0.491. The normalized spacial score (nSPS) is 23.1. The monoisotopic (exact) mass is 470 g/mol. The Kier molecular flexibility index (Phi) is 5.65. The van der Waals surface area contributed by atoms with Gasteiger partial charge in [-0.05, 0) is 61.5 Å². The summed E-state index contributed by atoms with van der Waals surface area (Å²) in [6.07, 6.45) is 1.32. The molecule has 2 aliphatic carbocycles. The van der Waals surface area contributed by atoms with Gasteiger partial charge < -0.3 is 5.32 Å². The number of nitrogens with one attached hydrogen (secondary N) is 1. The van der Waals surface area contributed by atoms with Gasteiger partial charge in [-0.3, -0.25) is 4.79 Å². The van der Waals surface area contributed by atoms with Gasteiger partial charge in [-0.2, -0.15) is 18.3 Å².